The summed E-state index contributed by atoms with van der Waals surface area (Å²) in [5.41, 5.74) is 0. The summed E-state index contributed by atoms with van der Waals surface area (Å²) in [6.45, 7) is 3.06. The molecule has 2 rings (SSSR count). The Labute approximate surface area is 144 Å². The number of benzene rings is 1. The Kier molecular flexibility index (Phi) is 6.82. The van der Waals surface area contributed by atoms with Gasteiger partial charge in [-0.3, -0.25) is 9.69 Å². The van der Waals surface area contributed by atoms with Gasteiger partial charge in [0.25, 0.3) is 0 Å². The van der Waals surface area contributed by atoms with E-state index < -0.39 is 22.0 Å². The summed E-state index contributed by atoms with van der Waals surface area (Å²) in [5, 5.41) is 8.99. The lowest BCUT2D eigenvalue weighted by Gasteiger charge is -2.35. The molecule has 124 valence electrons. The second-order valence-corrected chi connectivity index (χ2v) is 7.76. The first-order valence-electron chi connectivity index (χ1n) is 6.55. The van der Waals surface area contributed by atoms with Gasteiger partial charge < -0.3 is 5.11 Å². The van der Waals surface area contributed by atoms with Crippen LogP contribution < -0.4 is 0 Å². The third kappa shape index (κ3) is 4.20. The van der Waals surface area contributed by atoms with Crippen molar-refractivity contribution in [2.24, 2.45) is 0 Å². The lowest BCUT2D eigenvalue weighted by atomic mass is 10.2. The van der Waals surface area contributed by atoms with Gasteiger partial charge in [0.05, 0.1) is 4.90 Å². The first kappa shape index (κ1) is 19.4. The number of hydrogen-bond acceptors (Lipinski definition) is 4. The quantitative estimate of drug-likeness (QED) is 0.812. The molecule has 1 heterocycles. The Morgan fingerprint density at radius 3 is 2.14 bits per heavy atom. The molecule has 1 atom stereocenters. The minimum Gasteiger partial charge on any atom is -0.480 e. The van der Waals surface area contributed by atoms with Gasteiger partial charge in [0.15, 0.2) is 0 Å². The minimum absolute atomic E-state index is 0. The van der Waals surface area contributed by atoms with Crippen LogP contribution in [0.3, 0.4) is 0 Å². The van der Waals surface area contributed by atoms with Crippen molar-refractivity contribution in [3.8, 4) is 0 Å². The lowest BCUT2D eigenvalue weighted by molar-refractivity contribution is -0.143. The van der Waals surface area contributed by atoms with E-state index in [4.69, 9.17) is 5.11 Å². The van der Waals surface area contributed by atoms with E-state index in [9.17, 15) is 13.2 Å². The van der Waals surface area contributed by atoms with Crippen LogP contribution in [-0.4, -0.2) is 60.9 Å². The molecule has 0 aromatic heterocycles. The SMILES string of the molecule is CC(C(=O)O)N1CCN(S(=O)(=O)c2ccc(Br)cc2)CC1.Cl. The standard InChI is InChI=1S/C13H17BrN2O4S.ClH/c1-10(13(17)18)15-6-8-16(9-7-15)21(19,20)12-4-2-11(14)3-5-12;/h2-5,10H,6-9H2,1H3,(H,17,18);1H. The highest BCUT2D eigenvalue weighted by molar-refractivity contribution is 9.10. The molecule has 0 bridgehead atoms. The Morgan fingerprint density at radius 2 is 1.68 bits per heavy atom. The molecule has 1 aliphatic heterocycles. The molecule has 1 fully saturated rings. The number of hydrogen-bond donors (Lipinski definition) is 1. The average molecular weight is 414 g/mol. The van der Waals surface area contributed by atoms with Gasteiger partial charge in [-0.2, -0.15) is 4.31 Å². The molecule has 22 heavy (non-hydrogen) atoms. The Hall–Kier alpha value is -0.670. The van der Waals surface area contributed by atoms with Crippen LogP contribution in [0, 0.1) is 0 Å². The van der Waals surface area contributed by atoms with Crippen molar-refractivity contribution < 1.29 is 18.3 Å². The van der Waals surface area contributed by atoms with Gasteiger partial charge in [-0.15, -0.1) is 12.4 Å². The van der Waals surface area contributed by atoms with Crippen molar-refractivity contribution in [1.82, 2.24) is 9.21 Å². The van der Waals surface area contributed by atoms with Gasteiger partial charge in [-0.1, -0.05) is 15.9 Å². The molecule has 0 radical (unpaired) electrons. The smallest absolute Gasteiger partial charge is 0.320 e. The number of carboxylic acids is 1. The Balaban J connectivity index is 0.00000242. The van der Waals surface area contributed by atoms with E-state index in [1.54, 1.807) is 36.1 Å². The first-order chi connectivity index (χ1) is 9.82. The Bertz CT molecular complexity index is 615. The normalized spacial score (nSPS) is 18.5. The maximum Gasteiger partial charge on any atom is 0.320 e. The predicted molar refractivity (Wildman–Crippen MR) is 88.8 cm³/mol. The van der Waals surface area contributed by atoms with Crippen molar-refractivity contribution in [1.29, 1.82) is 0 Å². The lowest BCUT2D eigenvalue weighted by Crippen LogP contribution is -2.53. The van der Waals surface area contributed by atoms with Crippen LogP contribution in [0.4, 0.5) is 0 Å². The molecule has 1 aliphatic rings. The molecule has 1 unspecified atom stereocenters. The predicted octanol–water partition coefficient (Wildman–Crippen LogP) is 1.65. The number of carbonyl (C=O) groups is 1. The average Bonchev–Trinajstić information content (AvgIpc) is 2.47. The number of rotatable bonds is 4. The number of halogens is 2. The number of aliphatic carboxylic acids is 1. The van der Waals surface area contributed by atoms with Gasteiger partial charge >= 0.3 is 5.97 Å². The zero-order valence-electron chi connectivity index (χ0n) is 12.0. The van der Waals surface area contributed by atoms with Crippen molar-refractivity contribution in [2.75, 3.05) is 26.2 Å². The third-order valence-electron chi connectivity index (χ3n) is 3.63. The first-order valence-corrected chi connectivity index (χ1v) is 8.78. The fourth-order valence-corrected chi connectivity index (χ4v) is 3.93. The summed E-state index contributed by atoms with van der Waals surface area (Å²) in [6, 6.07) is 5.91. The van der Waals surface area contributed by atoms with E-state index in [0.717, 1.165) is 4.47 Å². The molecule has 0 spiro atoms. The van der Waals surface area contributed by atoms with Crippen LogP contribution in [0.5, 0.6) is 0 Å². The monoisotopic (exact) mass is 412 g/mol. The van der Waals surface area contributed by atoms with Gasteiger partial charge in [0.1, 0.15) is 6.04 Å². The summed E-state index contributed by atoms with van der Waals surface area (Å²) in [7, 11) is -3.51. The van der Waals surface area contributed by atoms with Crippen LogP contribution in [0.1, 0.15) is 6.92 Å². The van der Waals surface area contributed by atoms with E-state index in [-0.39, 0.29) is 17.3 Å². The summed E-state index contributed by atoms with van der Waals surface area (Å²) >= 11 is 3.27. The highest BCUT2D eigenvalue weighted by atomic mass is 79.9. The number of piperazine rings is 1. The largest absolute Gasteiger partial charge is 0.480 e. The van der Waals surface area contributed by atoms with Crippen LogP contribution in [0.2, 0.25) is 0 Å². The van der Waals surface area contributed by atoms with E-state index in [1.165, 1.54) is 4.31 Å². The summed E-state index contributed by atoms with van der Waals surface area (Å²) < 4.78 is 27.2. The fourth-order valence-electron chi connectivity index (χ4n) is 2.24. The highest BCUT2D eigenvalue weighted by Gasteiger charge is 2.31. The highest BCUT2D eigenvalue weighted by Crippen LogP contribution is 2.20. The van der Waals surface area contributed by atoms with E-state index in [2.05, 4.69) is 15.9 Å². The molecule has 1 aromatic carbocycles. The van der Waals surface area contributed by atoms with E-state index in [0.29, 0.717) is 26.2 Å². The van der Waals surface area contributed by atoms with Crippen molar-refractivity contribution in [3.63, 3.8) is 0 Å². The molecular weight excluding hydrogens is 396 g/mol. The Morgan fingerprint density at radius 1 is 1.18 bits per heavy atom. The van der Waals surface area contributed by atoms with Crippen LogP contribution in [0.15, 0.2) is 33.6 Å². The maximum atomic E-state index is 12.5. The van der Waals surface area contributed by atoms with Crippen LogP contribution >= 0.6 is 28.3 Å². The molecule has 6 nitrogen and oxygen atoms in total. The molecule has 0 aliphatic carbocycles. The van der Waals surface area contributed by atoms with E-state index in [1.807, 2.05) is 0 Å². The topological polar surface area (TPSA) is 77.9 Å². The molecule has 0 saturated carbocycles. The van der Waals surface area contributed by atoms with Gasteiger partial charge in [-0.25, -0.2) is 8.42 Å². The molecular formula is C13H18BrClN2O4S. The van der Waals surface area contributed by atoms with Crippen LogP contribution in [-0.2, 0) is 14.8 Å². The molecule has 9 heteroatoms. The summed E-state index contributed by atoms with van der Waals surface area (Å²) in [5.74, 6) is -0.890. The third-order valence-corrected chi connectivity index (χ3v) is 6.07. The minimum atomic E-state index is -3.51. The second kappa shape index (κ2) is 7.74. The van der Waals surface area contributed by atoms with Crippen molar-refractivity contribution in [2.45, 2.75) is 17.9 Å². The second-order valence-electron chi connectivity index (χ2n) is 4.91. The van der Waals surface area contributed by atoms with Gasteiger partial charge in [-0.05, 0) is 31.2 Å². The van der Waals surface area contributed by atoms with Gasteiger partial charge in [0.2, 0.25) is 10.0 Å². The zero-order chi connectivity index (χ0) is 15.6. The molecule has 1 saturated heterocycles. The van der Waals surface area contributed by atoms with Crippen molar-refractivity contribution >= 4 is 44.3 Å². The summed E-state index contributed by atoms with van der Waals surface area (Å²) in [6.07, 6.45) is 0. The van der Waals surface area contributed by atoms with Crippen LogP contribution in [0.25, 0.3) is 0 Å². The number of sulfonamides is 1. The van der Waals surface area contributed by atoms with Gasteiger partial charge in [0, 0.05) is 30.7 Å². The zero-order valence-corrected chi connectivity index (χ0v) is 15.2. The molecule has 1 N–H and O–H groups in total. The fraction of sp³-hybridized carbons (Fsp3) is 0.462. The van der Waals surface area contributed by atoms with E-state index >= 15 is 0 Å². The summed E-state index contributed by atoms with van der Waals surface area (Å²) in [4.78, 5) is 13.0. The molecule has 0 amide bonds. The van der Waals surface area contributed by atoms with Crippen molar-refractivity contribution in [3.05, 3.63) is 28.7 Å². The number of carboxylic acid groups (broad SMARTS) is 1. The molecule has 1 aromatic rings. The maximum absolute atomic E-state index is 12.5. The number of nitrogens with zero attached hydrogens (tertiary/aromatic N) is 2.